The predicted octanol–water partition coefficient (Wildman–Crippen LogP) is 6.73. The molecule has 226 valence electrons. The number of nitrogens with one attached hydrogen (secondary N) is 1. The van der Waals surface area contributed by atoms with Crippen LogP contribution in [0.1, 0.15) is 53.3 Å². The average molecular weight is 624 g/mol. The number of imide groups is 1. The molecule has 0 fully saturated rings. The normalized spacial score (nSPS) is 13.5. The molecule has 5 rings (SSSR count). The summed E-state index contributed by atoms with van der Waals surface area (Å²) in [6.45, 7) is 3.59. The number of hydroxylamine groups is 2. The minimum atomic E-state index is -4.60. The maximum absolute atomic E-state index is 13.6. The van der Waals surface area contributed by atoms with E-state index < -0.39 is 35.5 Å². The smallest absolute Gasteiger partial charge is 0.416 e. The average Bonchev–Trinajstić information content (AvgIpc) is 3.22. The number of alkyl halides is 3. The molecule has 1 aromatic heterocycles. The number of amides is 3. The number of aryl methyl sites for hydroxylation is 2. The predicted molar refractivity (Wildman–Crippen MR) is 155 cm³/mol. The van der Waals surface area contributed by atoms with Gasteiger partial charge in [-0.2, -0.15) is 13.2 Å². The van der Waals surface area contributed by atoms with Gasteiger partial charge in [-0.25, -0.2) is 4.98 Å². The van der Waals surface area contributed by atoms with E-state index >= 15 is 0 Å². The van der Waals surface area contributed by atoms with Gasteiger partial charge in [0.15, 0.2) is 5.75 Å². The third kappa shape index (κ3) is 6.74. The number of ether oxygens (including phenoxy) is 1. The largest absolute Gasteiger partial charge is 0.455 e. The Hall–Kier alpha value is -4.74. The third-order valence-electron chi connectivity index (χ3n) is 6.93. The second-order valence-electron chi connectivity index (χ2n) is 10.2. The summed E-state index contributed by atoms with van der Waals surface area (Å²) in [5.41, 5.74) is 2.24. The fraction of sp³-hybridized carbons (Fsp3) is 0.188. The number of hydrogen-bond acceptors (Lipinski definition) is 6. The standard InChI is InChI=1S/C32H25ClF3N3O5/c1-18-10-11-20(19(2)12-18)13-22(17-43-39-30(41)24-8-3-4-9-25(24)31(39)42)38-29(40)26-15-28(33)37-16-27(26)44-23-7-5-6-21(14-23)32(34,35)36/h3-12,14-16,22H,13,17H2,1-2H3,(H,38,40)/t22-/m1/s1. The number of hydrogen-bond donors (Lipinski definition) is 1. The first-order valence-electron chi connectivity index (χ1n) is 13.4. The zero-order chi connectivity index (χ0) is 31.6. The van der Waals surface area contributed by atoms with E-state index in [9.17, 15) is 27.6 Å². The molecule has 2 heterocycles. The van der Waals surface area contributed by atoms with Gasteiger partial charge in [0.25, 0.3) is 17.7 Å². The van der Waals surface area contributed by atoms with Gasteiger partial charge in [-0.15, -0.1) is 5.06 Å². The number of fused-ring (bicyclic) bond motifs is 1. The van der Waals surface area contributed by atoms with Crippen LogP contribution in [0.5, 0.6) is 11.5 Å². The van der Waals surface area contributed by atoms with Gasteiger partial charge in [0.2, 0.25) is 0 Å². The molecule has 3 aromatic carbocycles. The molecule has 4 aromatic rings. The van der Waals surface area contributed by atoms with Gasteiger partial charge >= 0.3 is 6.18 Å². The summed E-state index contributed by atoms with van der Waals surface area (Å²) in [6, 6.07) is 16.7. The number of carbonyl (C=O) groups is 3. The molecule has 0 spiro atoms. The number of aromatic nitrogens is 1. The van der Waals surface area contributed by atoms with Crippen molar-refractivity contribution in [2.24, 2.45) is 0 Å². The van der Waals surface area contributed by atoms with E-state index in [1.807, 2.05) is 32.0 Å². The van der Waals surface area contributed by atoms with Crippen LogP contribution in [-0.2, 0) is 17.4 Å². The maximum Gasteiger partial charge on any atom is 0.416 e. The molecule has 12 heteroatoms. The van der Waals surface area contributed by atoms with E-state index in [0.717, 1.165) is 35.0 Å². The van der Waals surface area contributed by atoms with Crippen LogP contribution in [0.15, 0.2) is 79.0 Å². The van der Waals surface area contributed by atoms with Gasteiger partial charge in [0.1, 0.15) is 10.9 Å². The minimum absolute atomic E-state index is 0.0558. The minimum Gasteiger partial charge on any atom is -0.455 e. The Morgan fingerprint density at radius 2 is 1.68 bits per heavy atom. The second kappa shape index (κ2) is 12.5. The van der Waals surface area contributed by atoms with Crippen molar-refractivity contribution in [2.75, 3.05) is 6.61 Å². The molecular weight excluding hydrogens is 599 g/mol. The highest BCUT2D eigenvalue weighted by atomic mass is 35.5. The Morgan fingerprint density at radius 1 is 0.977 bits per heavy atom. The molecule has 1 atom stereocenters. The zero-order valence-electron chi connectivity index (χ0n) is 23.4. The number of rotatable bonds is 9. The highest BCUT2D eigenvalue weighted by Gasteiger charge is 2.37. The van der Waals surface area contributed by atoms with E-state index in [1.165, 1.54) is 30.3 Å². The SMILES string of the molecule is Cc1ccc(C[C@H](CON2C(=O)c3ccccc3C2=O)NC(=O)c2cc(Cl)ncc2Oc2cccc(C(F)(F)F)c2)c(C)c1. The molecule has 0 saturated heterocycles. The Morgan fingerprint density at radius 3 is 2.34 bits per heavy atom. The van der Waals surface area contributed by atoms with Gasteiger partial charge in [0, 0.05) is 0 Å². The van der Waals surface area contributed by atoms with Crippen LogP contribution >= 0.6 is 11.6 Å². The van der Waals surface area contributed by atoms with Crippen LogP contribution in [0.25, 0.3) is 0 Å². The van der Waals surface area contributed by atoms with Crippen molar-refractivity contribution < 1.29 is 37.1 Å². The molecule has 1 N–H and O–H groups in total. The molecule has 44 heavy (non-hydrogen) atoms. The van der Waals surface area contributed by atoms with Crippen LogP contribution in [0, 0.1) is 13.8 Å². The Bertz CT molecular complexity index is 1730. The van der Waals surface area contributed by atoms with Crippen molar-refractivity contribution in [2.45, 2.75) is 32.5 Å². The first-order valence-corrected chi connectivity index (χ1v) is 13.8. The van der Waals surface area contributed by atoms with Crippen LogP contribution in [-0.4, -0.2) is 40.4 Å². The molecule has 0 aliphatic carbocycles. The summed E-state index contributed by atoms with van der Waals surface area (Å²) in [6.07, 6.45) is -3.21. The van der Waals surface area contributed by atoms with Crippen molar-refractivity contribution in [1.82, 2.24) is 15.4 Å². The Labute approximate surface area is 255 Å². The number of pyridine rings is 1. The highest BCUT2D eigenvalue weighted by Crippen LogP contribution is 2.34. The molecule has 0 radical (unpaired) electrons. The summed E-state index contributed by atoms with van der Waals surface area (Å²) < 4.78 is 45.4. The maximum atomic E-state index is 13.6. The van der Waals surface area contributed by atoms with Crippen molar-refractivity contribution in [3.8, 4) is 11.5 Å². The molecule has 0 bridgehead atoms. The second-order valence-corrected chi connectivity index (χ2v) is 10.6. The monoisotopic (exact) mass is 623 g/mol. The van der Waals surface area contributed by atoms with Gasteiger partial charge in [-0.05, 0) is 67.8 Å². The Balaban J connectivity index is 1.40. The summed E-state index contributed by atoms with van der Waals surface area (Å²) in [5.74, 6) is -2.26. The van der Waals surface area contributed by atoms with Crippen LogP contribution < -0.4 is 10.1 Å². The van der Waals surface area contributed by atoms with Crippen LogP contribution in [0.3, 0.4) is 0 Å². The van der Waals surface area contributed by atoms with E-state index in [0.29, 0.717) is 5.06 Å². The van der Waals surface area contributed by atoms with Gasteiger partial charge in [0.05, 0.1) is 41.1 Å². The lowest BCUT2D eigenvalue weighted by Crippen LogP contribution is -2.43. The Kier molecular flexibility index (Phi) is 8.70. The van der Waals surface area contributed by atoms with Crippen molar-refractivity contribution >= 4 is 29.3 Å². The quantitative estimate of drug-likeness (QED) is 0.164. The number of halogens is 4. The molecule has 0 saturated carbocycles. The van der Waals surface area contributed by atoms with Crippen LogP contribution in [0.4, 0.5) is 13.2 Å². The van der Waals surface area contributed by atoms with Crippen molar-refractivity contribution in [3.63, 3.8) is 0 Å². The number of nitrogens with zero attached hydrogens (tertiary/aromatic N) is 2. The zero-order valence-corrected chi connectivity index (χ0v) is 24.2. The number of benzene rings is 3. The fourth-order valence-corrected chi connectivity index (χ4v) is 4.90. The molecule has 1 aliphatic rings. The lowest BCUT2D eigenvalue weighted by molar-refractivity contribution is -0.137. The van der Waals surface area contributed by atoms with Crippen LogP contribution in [0.2, 0.25) is 5.15 Å². The summed E-state index contributed by atoms with van der Waals surface area (Å²) in [4.78, 5) is 48.9. The summed E-state index contributed by atoms with van der Waals surface area (Å²) >= 11 is 6.07. The number of carbonyl (C=O) groups excluding carboxylic acids is 3. The molecule has 1 aliphatic heterocycles. The third-order valence-corrected chi connectivity index (χ3v) is 7.14. The van der Waals surface area contributed by atoms with Gasteiger partial charge < -0.3 is 10.1 Å². The highest BCUT2D eigenvalue weighted by molar-refractivity contribution is 6.29. The summed E-state index contributed by atoms with van der Waals surface area (Å²) in [7, 11) is 0. The van der Waals surface area contributed by atoms with Crippen molar-refractivity contribution in [1.29, 1.82) is 0 Å². The lowest BCUT2D eigenvalue weighted by Gasteiger charge is -2.23. The topological polar surface area (TPSA) is 97.8 Å². The first kappa shape index (κ1) is 30.7. The summed E-state index contributed by atoms with van der Waals surface area (Å²) in [5, 5.41) is 3.44. The lowest BCUT2D eigenvalue weighted by atomic mass is 9.99. The molecule has 3 amide bonds. The van der Waals surface area contributed by atoms with Gasteiger partial charge in [-0.3, -0.25) is 19.2 Å². The first-order chi connectivity index (χ1) is 20.9. The molecular formula is C32H25ClF3N3O5. The van der Waals surface area contributed by atoms with E-state index in [4.69, 9.17) is 21.2 Å². The fourth-order valence-electron chi connectivity index (χ4n) is 4.74. The molecule has 0 unspecified atom stereocenters. The van der Waals surface area contributed by atoms with E-state index in [1.54, 1.807) is 12.1 Å². The van der Waals surface area contributed by atoms with Gasteiger partial charge in [-0.1, -0.05) is 53.6 Å². The van der Waals surface area contributed by atoms with E-state index in [2.05, 4.69) is 10.3 Å². The van der Waals surface area contributed by atoms with E-state index in [-0.39, 0.29) is 46.4 Å². The van der Waals surface area contributed by atoms with Crippen molar-refractivity contribution in [3.05, 3.63) is 123 Å². The molecule has 8 nitrogen and oxygen atoms in total.